The normalized spacial score (nSPS) is 25.1. The first kappa shape index (κ1) is 15.2. The molecule has 0 bridgehead atoms. The van der Waals surface area contributed by atoms with Crippen molar-refractivity contribution in [1.82, 2.24) is 14.7 Å². The van der Waals surface area contributed by atoms with Gasteiger partial charge in [-0.2, -0.15) is 0 Å². The van der Waals surface area contributed by atoms with Gasteiger partial charge in [-0.05, 0) is 41.0 Å². The van der Waals surface area contributed by atoms with Crippen molar-refractivity contribution >= 4 is 0 Å². The molecule has 112 valence electrons. The maximum atomic E-state index is 5.61. The average Bonchev–Trinajstić information content (AvgIpc) is 2.78. The topological polar surface area (TPSA) is 19.0 Å². The van der Waals surface area contributed by atoms with Crippen LogP contribution in [0.25, 0.3) is 0 Å². The van der Waals surface area contributed by atoms with Crippen molar-refractivity contribution in [2.24, 2.45) is 0 Å². The lowest BCUT2D eigenvalue weighted by atomic mass is 10.0. The van der Waals surface area contributed by atoms with E-state index >= 15 is 0 Å². The van der Waals surface area contributed by atoms with Crippen molar-refractivity contribution in [2.75, 3.05) is 46.2 Å². The predicted octanol–water partition coefficient (Wildman–Crippen LogP) is 1.82. The molecule has 2 heterocycles. The van der Waals surface area contributed by atoms with Gasteiger partial charge < -0.3 is 4.74 Å². The van der Waals surface area contributed by atoms with Gasteiger partial charge in [0.1, 0.15) is 0 Å². The van der Waals surface area contributed by atoms with E-state index < -0.39 is 0 Å². The SMILES string of the molecule is CC(C)(C)N1CCN(CC(C)(C)N2CCCOC2)C1. The van der Waals surface area contributed by atoms with Gasteiger partial charge in [0.2, 0.25) is 0 Å². The zero-order valence-electron chi connectivity index (χ0n) is 13.4. The first-order valence-corrected chi connectivity index (χ1v) is 7.59. The second-order valence-electron chi connectivity index (χ2n) is 7.60. The molecule has 0 aliphatic carbocycles. The lowest BCUT2D eigenvalue weighted by Gasteiger charge is -2.42. The van der Waals surface area contributed by atoms with Crippen LogP contribution in [0.15, 0.2) is 0 Å². The zero-order chi connectivity index (χ0) is 14.1. The van der Waals surface area contributed by atoms with Gasteiger partial charge >= 0.3 is 0 Å². The number of ether oxygens (including phenoxy) is 1. The Labute approximate surface area is 118 Å². The van der Waals surface area contributed by atoms with Crippen molar-refractivity contribution in [2.45, 2.75) is 52.1 Å². The van der Waals surface area contributed by atoms with E-state index in [4.69, 9.17) is 4.74 Å². The van der Waals surface area contributed by atoms with Crippen molar-refractivity contribution in [3.63, 3.8) is 0 Å². The van der Waals surface area contributed by atoms with Crippen LogP contribution in [0.1, 0.15) is 41.0 Å². The minimum atomic E-state index is 0.203. The summed E-state index contributed by atoms with van der Waals surface area (Å²) in [5.74, 6) is 0. The van der Waals surface area contributed by atoms with Crippen LogP contribution in [0.2, 0.25) is 0 Å². The number of rotatable bonds is 3. The second-order valence-corrected chi connectivity index (χ2v) is 7.60. The van der Waals surface area contributed by atoms with E-state index in [9.17, 15) is 0 Å². The molecule has 2 aliphatic heterocycles. The Morgan fingerprint density at radius 3 is 2.21 bits per heavy atom. The molecule has 0 atom stereocenters. The van der Waals surface area contributed by atoms with E-state index in [0.717, 1.165) is 33.0 Å². The Hall–Kier alpha value is -0.160. The van der Waals surface area contributed by atoms with Crippen LogP contribution in [-0.4, -0.2) is 72.0 Å². The third kappa shape index (κ3) is 3.91. The lowest BCUT2D eigenvalue weighted by molar-refractivity contribution is -0.0699. The second kappa shape index (κ2) is 5.68. The van der Waals surface area contributed by atoms with Crippen LogP contribution in [0, 0.1) is 0 Å². The van der Waals surface area contributed by atoms with E-state index in [0.29, 0.717) is 0 Å². The summed E-state index contributed by atoms with van der Waals surface area (Å²) in [7, 11) is 0. The third-order valence-electron chi connectivity index (χ3n) is 4.44. The van der Waals surface area contributed by atoms with Crippen LogP contribution in [0.4, 0.5) is 0 Å². The van der Waals surface area contributed by atoms with Crippen LogP contribution in [0.3, 0.4) is 0 Å². The Balaban J connectivity index is 1.87. The van der Waals surface area contributed by atoms with Crippen LogP contribution in [0.5, 0.6) is 0 Å². The molecule has 2 saturated heterocycles. The molecule has 2 fully saturated rings. The summed E-state index contributed by atoms with van der Waals surface area (Å²) in [4.78, 5) is 7.63. The van der Waals surface area contributed by atoms with E-state index in [2.05, 4.69) is 49.3 Å². The van der Waals surface area contributed by atoms with Crippen LogP contribution < -0.4 is 0 Å². The molecule has 0 aromatic rings. The first-order valence-electron chi connectivity index (χ1n) is 7.59. The molecule has 2 rings (SSSR count). The summed E-state index contributed by atoms with van der Waals surface area (Å²) in [6.07, 6.45) is 1.16. The smallest absolute Gasteiger partial charge is 0.0994 e. The summed E-state index contributed by atoms with van der Waals surface area (Å²) < 4.78 is 5.61. The zero-order valence-corrected chi connectivity index (χ0v) is 13.4. The van der Waals surface area contributed by atoms with Gasteiger partial charge in [0, 0.05) is 43.9 Å². The first-order chi connectivity index (χ1) is 8.79. The Morgan fingerprint density at radius 1 is 0.947 bits per heavy atom. The number of nitrogens with zero attached hydrogens (tertiary/aromatic N) is 3. The molecule has 4 heteroatoms. The maximum Gasteiger partial charge on any atom is 0.0994 e. The summed E-state index contributed by atoms with van der Waals surface area (Å²) in [5.41, 5.74) is 0.488. The molecule has 0 aromatic carbocycles. The molecule has 2 aliphatic rings. The van der Waals surface area contributed by atoms with Crippen molar-refractivity contribution in [3.05, 3.63) is 0 Å². The molecular weight excluding hydrogens is 238 g/mol. The van der Waals surface area contributed by atoms with E-state index in [1.54, 1.807) is 0 Å². The molecule has 0 spiro atoms. The summed E-state index contributed by atoms with van der Waals surface area (Å²) in [6.45, 7) is 19.1. The highest BCUT2D eigenvalue weighted by atomic mass is 16.5. The van der Waals surface area contributed by atoms with E-state index in [1.165, 1.54) is 19.6 Å². The van der Waals surface area contributed by atoms with Crippen LogP contribution in [-0.2, 0) is 4.74 Å². The van der Waals surface area contributed by atoms with Gasteiger partial charge in [0.25, 0.3) is 0 Å². The fourth-order valence-electron chi connectivity index (χ4n) is 3.04. The molecule has 0 radical (unpaired) electrons. The molecule has 0 saturated carbocycles. The molecule has 0 unspecified atom stereocenters. The largest absolute Gasteiger partial charge is 0.366 e. The highest BCUT2D eigenvalue weighted by molar-refractivity contribution is 4.89. The minimum absolute atomic E-state index is 0.203. The molecule has 4 nitrogen and oxygen atoms in total. The Bertz CT molecular complexity index is 292. The van der Waals surface area contributed by atoms with Gasteiger partial charge in [0.15, 0.2) is 0 Å². The van der Waals surface area contributed by atoms with E-state index in [1.807, 2.05) is 0 Å². The van der Waals surface area contributed by atoms with Gasteiger partial charge in [-0.1, -0.05) is 0 Å². The molecule has 0 aromatic heterocycles. The third-order valence-corrected chi connectivity index (χ3v) is 4.44. The van der Waals surface area contributed by atoms with Gasteiger partial charge in [0.05, 0.1) is 13.4 Å². The van der Waals surface area contributed by atoms with E-state index in [-0.39, 0.29) is 11.1 Å². The van der Waals surface area contributed by atoms with Gasteiger partial charge in [-0.15, -0.1) is 0 Å². The summed E-state index contributed by atoms with van der Waals surface area (Å²) in [6, 6.07) is 0. The molecule has 0 N–H and O–H groups in total. The highest BCUT2D eigenvalue weighted by Gasteiger charge is 2.34. The Morgan fingerprint density at radius 2 is 1.68 bits per heavy atom. The molecule has 19 heavy (non-hydrogen) atoms. The minimum Gasteiger partial charge on any atom is -0.366 e. The maximum absolute atomic E-state index is 5.61. The fourth-order valence-corrected chi connectivity index (χ4v) is 3.04. The van der Waals surface area contributed by atoms with Gasteiger partial charge in [-0.25, -0.2) is 0 Å². The predicted molar refractivity (Wildman–Crippen MR) is 79.1 cm³/mol. The van der Waals surface area contributed by atoms with Crippen LogP contribution >= 0.6 is 0 Å². The highest BCUT2D eigenvalue weighted by Crippen LogP contribution is 2.23. The van der Waals surface area contributed by atoms with Crippen molar-refractivity contribution < 1.29 is 4.74 Å². The van der Waals surface area contributed by atoms with Crippen molar-refractivity contribution in [1.29, 1.82) is 0 Å². The molecular formula is C15H31N3O. The standard InChI is InChI=1S/C15H31N3O/c1-14(2,3)17-9-8-16(12-17)11-15(4,5)18-7-6-10-19-13-18/h6-13H2,1-5H3. The summed E-state index contributed by atoms with van der Waals surface area (Å²) in [5, 5.41) is 0. The van der Waals surface area contributed by atoms with Gasteiger partial charge in [-0.3, -0.25) is 14.7 Å². The number of hydrogen-bond donors (Lipinski definition) is 0. The summed E-state index contributed by atoms with van der Waals surface area (Å²) >= 11 is 0. The molecule has 0 amide bonds. The fraction of sp³-hybridized carbons (Fsp3) is 1.00. The Kier molecular flexibility index (Phi) is 4.56. The number of hydrogen-bond acceptors (Lipinski definition) is 4. The van der Waals surface area contributed by atoms with Crippen molar-refractivity contribution in [3.8, 4) is 0 Å². The lowest BCUT2D eigenvalue weighted by Crippen LogP contribution is -2.54. The quantitative estimate of drug-likeness (QED) is 0.778. The monoisotopic (exact) mass is 269 g/mol. The average molecular weight is 269 g/mol.